The lowest BCUT2D eigenvalue weighted by molar-refractivity contribution is 0.102. The Morgan fingerprint density at radius 1 is 1.15 bits per heavy atom. The van der Waals surface area contributed by atoms with Crippen molar-refractivity contribution in [1.29, 1.82) is 0 Å². The molecule has 3 rings (SSSR count). The van der Waals surface area contributed by atoms with Crippen LogP contribution in [0, 0.1) is 6.92 Å². The Morgan fingerprint density at radius 2 is 2.00 bits per heavy atom. The zero-order valence-corrected chi connectivity index (χ0v) is 12.4. The molecule has 2 aromatic heterocycles. The Balaban J connectivity index is 1.79. The second kappa shape index (κ2) is 5.56. The van der Waals surface area contributed by atoms with E-state index in [1.165, 1.54) is 11.3 Å². The minimum atomic E-state index is -0.116. The predicted molar refractivity (Wildman–Crippen MR) is 84.6 cm³/mol. The first-order valence-electron chi connectivity index (χ1n) is 6.10. The third-order valence-corrected chi connectivity index (χ3v) is 4.54. The van der Waals surface area contributed by atoms with Crippen molar-refractivity contribution < 1.29 is 4.79 Å². The topological polar surface area (TPSA) is 42.0 Å². The molecule has 0 spiro atoms. The van der Waals surface area contributed by atoms with E-state index >= 15 is 0 Å². The SMILES string of the molecule is Cc1ccccc1C(=O)Nc1nc(-c2cccs2)cs1. The molecule has 0 saturated carbocycles. The highest BCUT2D eigenvalue weighted by Gasteiger charge is 2.11. The lowest BCUT2D eigenvalue weighted by atomic mass is 10.1. The number of aromatic nitrogens is 1. The van der Waals surface area contributed by atoms with Crippen LogP contribution in [0.1, 0.15) is 15.9 Å². The number of benzene rings is 1. The van der Waals surface area contributed by atoms with Gasteiger partial charge in [0.25, 0.3) is 5.91 Å². The highest BCUT2D eigenvalue weighted by molar-refractivity contribution is 7.16. The van der Waals surface area contributed by atoms with Crippen molar-refractivity contribution >= 4 is 33.7 Å². The summed E-state index contributed by atoms with van der Waals surface area (Å²) in [7, 11) is 0. The molecule has 20 heavy (non-hydrogen) atoms. The maximum atomic E-state index is 12.2. The van der Waals surface area contributed by atoms with Gasteiger partial charge in [0, 0.05) is 10.9 Å². The zero-order valence-electron chi connectivity index (χ0n) is 10.8. The Morgan fingerprint density at radius 3 is 2.75 bits per heavy atom. The molecular weight excluding hydrogens is 288 g/mol. The number of hydrogen-bond acceptors (Lipinski definition) is 4. The second-order valence-electron chi connectivity index (χ2n) is 4.28. The van der Waals surface area contributed by atoms with Crippen LogP contribution < -0.4 is 5.32 Å². The Hall–Kier alpha value is -1.98. The molecule has 0 aliphatic rings. The molecule has 0 fully saturated rings. The van der Waals surface area contributed by atoms with Crippen LogP contribution in [0.5, 0.6) is 0 Å². The zero-order chi connectivity index (χ0) is 13.9. The summed E-state index contributed by atoms with van der Waals surface area (Å²) < 4.78 is 0. The van der Waals surface area contributed by atoms with Crippen molar-refractivity contribution in [1.82, 2.24) is 4.98 Å². The fourth-order valence-electron chi connectivity index (χ4n) is 1.86. The van der Waals surface area contributed by atoms with Gasteiger partial charge in [0.2, 0.25) is 0 Å². The molecule has 5 heteroatoms. The van der Waals surface area contributed by atoms with E-state index in [1.807, 2.05) is 54.1 Å². The minimum Gasteiger partial charge on any atom is -0.298 e. The summed E-state index contributed by atoms with van der Waals surface area (Å²) in [4.78, 5) is 17.7. The van der Waals surface area contributed by atoms with Crippen LogP contribution in [0.4, 0.5) is 5.13 Å². The number of amides is 1. The van der Waals surface area contributed by atoms with Gasteiger partial charge in [-0.05, 0) is 30.0 Å². The molecule has 1 amide bonds. The largest absolute Gasteiger partial charge is 0.298 e. The molecule has 100 valence electrons. The van der Waals surface area contributed by atoms with E-state index in [1.54, 1.807) is 11.3 Å². The number of anilines is 1. The van der Waals surface area contributed by atoms with Gasteiger partial charge in [-0.3, -0.25) is 10.1 Å². The summed E-state index contributed by atoms with van der Waals surface area (Å²) in [6, 6.07) is 11.5. The summed E-state index contributed by atoms with van der Waals surface area (Å²) in [6.07, 6.45) is 0. The quantitative estimate of drug-likeness (QED) is 0.777. The first kappa shape index (κ1) is 13.0. The van der Waals surface area contributed by atoms with Crippen molar-refractivity contribution in [3.8, 4) is 10.6 Å². The van der Waals surface area contributed by atoms with E-state index in [0.717, 1.165) is 16.1 Å². The number of thiophene rings is 1. The monoisotopic (exact) mass is 300 g/mol. The standard InChI is InChI=1S/C15H12N2OS2/c1-10-5-2-3-6-11(10)14(18)17-15-16-12(9-20-15)13-7-4-8-19-13/h2-9H,1H3,(H,16,17,18). The number of carbonyl (C=O) groups is 1. The molecule has 3 nitrogen and oxygen atoms in total. The van der Waals surface area contributed by atoms with Crippen LogP contribution in [0.2, 0.25) is 0 Å². The molecule has 0 radical (unpaired) electrons. The smallest absolute Gasteiger partial charge is 0.257 e. The number of thiazole rings is 1. The lowest BCUT2D eigenvalue weighted by Crippen LogP contribution is -2.12. The first-order chi connectivity index (χ1) is 9.74. The Kier molecular flexibility index (Phi) is 3.62. The van der Waals surface area contributed by atoms with Crippen LogP contribution in [0.15, 0.2) is 47.2 Å². The van der Waals surface area contributed by atoms with E-state index < -0.39 is 0 Å². The fraction of sp³-hybridized carbons (Fsp3) is 0.0667. The van der Waals surface area contributed by atoms with E-state index in [4.69, 9.17) is 0 Å². The summed E-state index contributed by atoms with van der Waals surface area (Å²) >= 11 is 3.08. The number of nitrogens with one attached hydrogen (secondary N) is 1. The van der Waals surface area contributed by atoms with Gasteiger partial charge in [0.15, 0.2) is 5.13 Å². The summed E-state index contributed by atoms with van der Waals surface area (Å²) in [5.41, 5.74) is 2.55. The number of hydrogen-bond donors (Lipinski definition) is 1. The number of aryl methyl sites for hydroxylation is 1. The maximum Gasteiger partial charge on any atom is 0.257 e. The third kappa shape index (κ3) is 2.64. The van der Waals surface area contributed by atoms with Crippen LogP contribution in [0.3, 0.4) is 0 Å². The van der Waals surface area contributed by atoms with Gasteiger partial charge in [0.1, 0.15) is 0 Å². The number of carbonyl (C=O) groups excluding carboxylic acids is 1. The maximum absolute atomic E-state index is 12.2. The molecule has 1 N–H and O–H groups in total. The van der Waals surface area contributed by atoms with Crippen molar-refractivity contribution in [3.05, 3.63) is 58.3 Å². The minimum absolute atomic E-state index is 0.116. The van der Waals surface area contributed by atoms with Crippen molar-refractivity contribution in [3.63, 3.8) is 0 Å². The summed E-state index contributed by atoms with van der Waals surface area (Å²) in [5, 5.41) is 7.45. The van der Waals surface area contributed by atoms with Gasteiger partial charge >= 0.3 is 0 Å². The molecule has 0 aliphatic carbocycles. The highest BCUT2D eigenvalue weighted by Crippen LogP contribution is 2.28. The van der Waals surface area contributed by atoms with Crippen molar-refractivity contribution in [2.75, 3.05) is 5.32 Å². The number of rotatable bonds is 3. The molecule has 2 heterocycles. The summed E-state index contributed by atoms with van der Waals surface area (Å²) in [5.74, 6) is -0.116. The fourth-order valence-corrected chi connectivity index (χ4v) is 3.33. The summed E-state index contributed by atoms with van der Waals surface area (Å²) in [6.45, 7) is 1.92. The lowest BCUT2D eigenvalue weighted by Gasteiger charge is -2.04. The number of nitrogens with zero attached hydrogens (tertiary/aromatic N) is 1. The van der Waals surface area contributed by atoms with Gasteiger partial charge in [-0.2, -0.15) is 0 Å². The molecule has 3 aromatic rings. The first-order valence-corrected chi connectivity index (χ1v) is 7.86. The average molecular weight is 300 g/mol. The van der Waals surface area contributed by atoms with Gasteiger partial charge in [0.05, 0.1) is 10.6 Å². The van der Waals surface area contributed by atoms with Crippen LogP contribution in [0.25, 0.3) is 10.6 Å². The highest BCUT2D eigenvalue weighted by atomic mass is 32.1. The molecule has 0 bridgehead atoms. The Bertz CT molecular complexity index is 732. The van der Waals surface area contributed by atoms with E-state index in [2.05, 4.69) is 10.3 Å². The normalized spacial score (nSPS) is 10.4. The molecular formula is C15H12N2OS2. The molecule has 0 saturated heterocycles. The van der Waals surface area contributed by atoms with E-state index in [9.17, 15) is 4.79 Å². The van der Waals surface area contributed by atoms with E-state index in [0.29, 0.717) is 10.7 Å². The van der Waals surface area contributed by atoms with Crippen molar-refractivity contribution in [2.45, 2.75) is 6.92 Å². The molecule has 0 atom stereocenters. The van der Waals surface area contributed by atoms with Crippen LogP contribution in [-0.2, 0) is 0 Å². The predicted octanol–water partition coefficient (Wildman–Crippen LogP) is 4.43. The van der Waals surface area contributed by atoms with Gasteiger partial charge in [-0.25, -0.2) is 4.98 Å². The third-order valence-electron chi connectivity index (χ3n) is 2.89. The van der Waals surface area contributed by atoms with Gasteiger partial charge in [-0.15, -0.1) is 22.7 Å². The molecule has 1 aromatic carbocycles. The molecule has 0 unspecified atom stereocenters. The Labute approximate surface area is 124 Å². The van der Waals surface area contributed by atoms with Crippen molar-refractivity contribution in [2.24, 2.45) is 0 Å². The average Bonchev–Trinajstić information content (AvgIpc) is 3.09. The van der Waals surface area contributed by atoms with Crippen LogP contribution >= 0.6 is 22.7 Å². The second-order valence-corrected chi connectivity index (χ2v) is 6.09. The van der Waals surface area contributed by atoms with Gasteiger partial charge in [-0.1, -0.05) is 24.3 Å². The van der Waals surface area contributed by atoms with Crippen LogP contribution in [-0.4, -0.2) is 10.9 Å². The van der Waals surface area contributed by atoms with E-state index in [-0.39, 0.29) is 5.91 Å². The molecule has 0 aliphatic heterocycles. The van der Waals surface area contributed by atoms with Gasteiger partial charge < -0.3 is 0 Å².